The molecule has 0 heterocycles. The van der Waals surface area contributed by atoms with Crippen molar-refractivity contribution < 1.29 is 14.6 Å². The van der Waals surface area contributed by atoms with E-state index in [1.165, 1.54) is 12.8 Å². The van der Waals surface area contributed by atoms with Crippen LogP contribution in [0.4, 0.5) is 0 Å². The number of carboxylic acid groups (broad SMARTS) is 1. The van der Waals surface area contributed by atoms with Crippen LogP contribution in [0.25, 0.3) is 0 Å². The molecule has 0 spiro atoms. The third-order valence-electron chi connectivity index (χ3n) is 3.38. The lowest BCUT2D eigenvalue weighted by Gasteiger charge is -2.35. The predicted molar refractivity (Wildman–Crippen MR) is 67.1 cm³/mol. The minimum atomic E-state index is -0.764. The molecule has 17 heavy (non-hydrogen) atoms. The van der Waals surface area contributed by atoms with Crippen LogP contribution in [0.3, 0.4) is 0 Å². The quantitative estimate of drug-likeness (QED) is 0.743. The van der Waals surface area contributed by atoms with E-state index in [1.807, 2.05) is 0 Å². The Morgan fingerprint density at radius 1 is 1.41 bits per heavy atom. The lowest BCUT2D eigenvalue weighted by Crippen LogP contribution is -2.50. The molecule has 1 saturated carbocycles. The first-order valence-electron chi connectivity index (χ1n) is 6.53. The Morgan fingerprint density at radius 3 is 2.41 bits per heavy atom. The molecule has 1 atom stereocenters. The van der Waals surface area contributed by atoms with Gasteiger partial charge in [-0.15, -0.1) is 0 Å². The van der Waals surface area contributed by atoms with E-state index in [0.717, 1.165) is 19.4 Å². The molecule has 0 radical (unpaired) electrons. The number of carboxylic acids is 1. The number of nitrogens with zero attached hydrogens (tertiary/aromatic N) is 1. The Balaban J connectivity index is 2.73. The molecule has 4 heteroatoms. The molecule has 1 rings (SSSR count). The first-order valence-corrected chi connectivity index (χ1v) is 6.53. The van der Waals surface area contributed by atoms with E-state index in [0.29, 0.717) is 12.0 Å². The van der Waals surface area contributed by atoms with Gasteiger partial charge < -0.3 is 9.84 Å². The summed E-state index contributed by atoms with van der Waals surface area (Å²) in [7, 11) is 1.57. The summed E-state index contributed by atoms with van der Waals surface area (Å²) in [4.78, 5) is 13.5. The predicted octanol–water partition coefficient (Wildman–Crippen LogP) is 1.99. The molecule has 0 saturated heterocycles. The number of aliphatic carboxylic acids is 1. The highest BCUT2D eigenvalue weighted by molar-refractivity contribution is 5.73. The average Bonchev–Trinajstić information content (AvgIpc) is 2.75. The Bertz CT molecular complexity index is 237. The molecule has 1 N–H and O–H groups in total. The summed E-state index contributed by atoms with van der Waals surface area (Å²) in [5, 5.41) is 9.33. The van der Waals surface area contributed by atoms with Gasteiger partial charge in [0.25, 0.3) is 0 Å². The smallest absolute Gasteiger partial charge is 0.323 e. The van der Waals surface area contributed by atoms with Crippen LogP contribution in [0.2, 0.25) is 0 Å². The zero-order valence-electron chi connectivity index (χ0n) is 11.2. The fraction of sp³-hybridized carbons (Fsp3) is 0.923. The van der Waals surface area contributed by atoms with Crippen molar-refractivity contribution in [1.82, 2.24) is 4.90 Å². The monoisotopic (exact) mass is 243 g/mol. The van der Waals surface area contributed by atoms with Crippen molar-refractivity contribution in [2.45, 2.75) is 51.6 Å². The van der Waals surface area contributed by atoms with Crippen LogP contribution in [0, 0.1) is 5.92 Å². The summed E-state index contributed by atoms with van der Waals surface area (Å²) in [6, 6.07) is -0.0702. The molecule has 0 amide bonds. The molecular weight excluding hydrogens is 218 g/mol. The van der Waals surface area contributed by atoms with Crippen LogP contribution < -0.4 is 0 Å². The van der Waals surface area contributed by atoms with E-state index < -0.39 is 12.0 Å². The highest BCUT2D eigenvalue weighted by Gasteiger charge is 2.33. The zero-order chi connectivity index (χ0) is 12.8. The summed E-state index contributed by atoms with van der Waals surface area (Å²) in [6.45, 7) is 5.38. The third kappa shape index (κ3) is 4.28. The highest BCUT2D eigenvalue weighted by atomic mass is 16.5. The Kier molecular flexibility index (Phi) is 5.92. The number of methoxy groups -OCH3 is 1. The fourth-order valence-electron chi connectivity index (χ4n) is 2.66. The van der Waals surface area contributed by atoms with E-state index in [4.69, 9.17) is 4.74 Å². The minimum Gasteiger partial charge on any atom is -0.480 e. The molecule has 0 aromatic rings. The van der Waals surface area contributed by atoms with Crippen LogP contribution in [0.1, 0.15) is 39.5 Å². The van der Waals surface area contributed by atoms with Gasteiger partial charge in [0.2, 0.25) is 0 Å². The number of carbonyl (C=O) groups is 1. The van der Waals surface area contributed by atoms with Crippen molar-refractivity contribution in [2.24, 2.45) is 5.92 Å². The molecular formula is C13H25NO3. The first kappa shape index (κ1) is 14.5. The summed E-state index contributed by atoms with van der Waals surface area (Å²) in [5.41, 5.74) is 0. The first-order chi connectivity index (χ1) is 8.06. The third-order valence-corrected chi connectivity index (χ3v) is 3.38. The largest absolute Gasteiger partial charge is 0.480 e. The van der Waals surface area contributed by atoms with E-state index in [-0.39, 0.29) is 6.61 Å². The van der Waals surface area contributed by atoms with Gasteiger partial charge in [-0.05, 0) is 18.8 Å². The summed E-state index contributed by atoms with van der Waals surface area (Å²) >= 11 is 0. The molecule has 0 bridgehead atoms. The Morgan fingerprint density at radius 2 is 2.00 bits per heavy atom. The number of rotatable bonds is 7. The summed E-state index contributed by atoms with van der Waals surface area (Å²) < 4.78 is 5.06. The van der Waals surface area contributed by atoms with Crippen molar-refractivity contribution in [2.75, 3.05) is 20.3 Å². The van der Waals surface area contributed by atoms with Gasteiger partial charge in [-0.2, -0.15) is 0 Å². The molecule has 100 valence electrons. The van der Waals surface area contributed by atoms with Crippen molar-refractivity contribution in [3.63, 3.8) is 0 Å². The Hall–Kier alpha value is -0.610. The SMILES string of the molecule is COCC(C(=O)O)N(CC(C)C)C1CCCC1. The molecule has 4 nitrogen and oxygen atoms in total. The number of hydrogen-bond acceptors (Lipinski definition) is 3. The van der Waals surface area contributed by atoms with Gasteiger partial charge in [-0.3, -0.25) is 9.69 Å². The van der Waals surface area contributed by atoms with Crippen LogP contribution >= 0.6 is 0 Å². The standard InChI is InChI=1S/C13H25NO3/c1-10(2)8-14(11-6-4-5-7-11)12(9-17-3)13(15)16/h10-12H,4-9H2,1-3H3,(H,15,16). The minimum absolute atomic E-state index is 0.276. The molecule has 0 aromatic carbocycles. The van der Waals surface area contributed by atoms with E-state index in [9.17, 15) is 9.90 Å². The van der Waals surface area contributed by atoms with Gasteiger partial charge in [-0.1, -0.05) is 26.7 Å². The van der Waals surface area contributed by atoms with E-state index >= 15 is 0 Å². The fourth-order valence-corrected chi connectivity index (χ4v) is 2.66. The average molecular weight is 243 g/mol. The van der Waals surface area contributed by atoms with Gasteiger partial charge in [-0.25, -0.2) is 0 Å². The van der Waals surface area contributed by atoms with Crippen molar-refractivity contribution in [1.29, 1.82) is 0 Å². The van der Waals surface area contributed by atoms with E-state index in [2.05, 4.69) is 18.7 Å². The molecule has 1 aliphatic rings. The van der Waals surface area contributed by atoms with Gasteiger partial charge in [0, 0.05) is 19.7 Å². The van der Waals surface area contributed by atoms with Gasteiger partial charge in [0.15, 0.2) is 0 Å². The molecule has 0 aliphatic heterocycles. The highest BCUT2D eigenvalue weighted by Crippen LogP contribution is 2.26. The second-order valence-electron chi connectivity index (χ2n) is 5.34. The van der Waals surface area contributed by atoms with Gasteiger partial charge in [0.05, 0.1) is 6.61 Å². The second kappa shape index (κ2) is 6.97. The molecule has 1 fully saturated rings. The van der Waals surface area contributed by atoms with Crippen LogP contribution in [-0.2, 0) is 9.53 Å². The van der Waals surface area contributed by atoms with Crippen LogP contribution in [-0.4, -0.2) is 48.3 Å². The lowest BCUT2D eigenvalue weighted by molar-refractivity contribution is -0.146. The van der Waals surface area contributed by atoms with Gasteiger partial charge >= 0.3 is 5.97 Å². The van der Waals surface area contributed by atoms with Crippen molar-refractivity contribution in [3.8, 4) is 0 Å². The second-order valence-corrected chi connectivity index (χ2v) is 5.34. The number of ether oxygens (including phenoxy) is 1. The molecule has 1 unspecified atom stereocenters. The molecule has 1 aliphatic carbocycles. The normalized spacial score (nSPS) is 19.1. The van der Waals surface area contributed by atoms with Gasteiger partial charge in [0.1, 0.15) is 6.04 Å². The zero-order valence-corrected chi connectivity index (χ0v) is 11.2. The van der Waals surface area contributed by atoms with E-state index in [1.54, 1.807) is 7.11 Å². The number of hydrogen-bond donors (Lipinski definition) is 1. The maximum atomic E-state index is 11.3. The lowest BCUT2D eigenvalue weighted by atomic mass is 10.1. The summed E-state index contributed by atoms with van der Waals surface area (Å²) in [6.07, 6.45) is 4.69. The Labute approximate surface area is 104 Å². The van der Waals surface area contributed by atoms with Crippen molar-refractivity contribution in [3.05, 3.63) is 0 Å². The van der Waals surface area contributed by atoms with Crippen LogP contribution in [0.5, 0.6) is 0 Å². The van der Waals surface area contributed by atoms with Crippen molar-refractivity contribution >= 4 is 5.97 Å². The molecule has 0 aromatic heterocycles. The maximum absolute atomic E-state index is 11.3. The van der Waals surface area contributed by atoms with Crippen LogP contribution in [0.15, 0.2) is 0 Å². The summed E-state index contributed by atoms with van der Waals surface area (Å²) in [5.74, 6) is -0.284. The topological polar surface area (TPSA) is 49.8 Å². The maximum Gasteiger partial charge on any atom is 0.323 e.